The summed E-state index contributed by atoms with van der Waals surface area (Å²) in [6.07, 6.45) is 7.30. The van der Waals surface area contributed by atoms with Gasteiger partial charge in [0.15, 0.2) is 0 Å². The molecule has 2 heterocycles. The topological polar surface area (TPSA) is 79.4 Å². The predicted octanol–water partition coefficient (Wildman–Crippen LogP) is 3.46. The number of aryl methyl sites for hydroxylation is 1. The van der Waals surface area contributed by atoms with Crippen LogP contribution >= 0.6 is 0 Å². The zero-order valence-electron chi connectivity index (χ0n) is 16.2. The third kappa shape index (κ3) is 4.97. The molecule has 0 unspecified atom stereocenters. The molecule has 2 aromatic rings. The highest BCUT2D eigenvalue weighted by Crippen LogP contribution is 2.24. The highest BCUT2D eigenvalue weighted by atomic mass is 32.2. The molecule has 1 aromatic carbocycles. The van der Waals surface area contributed by atoms with Crippen LogP contribution in [0, 0.1) is 5.92 Å². The summed E-state index contributed by atoms with van der Waals surface area (Å²) in [6.45, 7) is 2.85. The normalized spacial score (nSPS) is 16.0. The Morgan fingerprint density at radius 2 is 1.89 bits per heavy atom. The van der Waals surface area contributed by atoms with Crippen molar-refractivity contribution in [3.8, 4) is 0 Å². The van der Waals surface area contributed by atoms with E-state index in [0.717, 1.165) is 24.9 Å². The van der Waals surface area contributed by atoms with Crippen molar-refractivity contribution in [2.24, 2.45) is 5.92 Å². The number of rotatable bonds is 7. The van der Waals surface area contributed by atoms with Gasteiger partial charge in [0, 0.05) is 37.1 Å². The third-order valence-electron chi connectivity index (χ3n) is 5.14. The lowest BCUT2D eigenvalue weighted by Crippen LogP contribution is -2.41. The Bertz CT molecular complexity index is 875. The van der Waals surface area contributed by atoms with Crippen LogP contribution in [0.25, 0.3) is 0 Å². The number of piperidine rings is 1. The third-order valence-corrected chi connectivity index (χ3v) is 7.02. The standard InChI is InChI=1S/C21H27N3O3S/c1-2-3-5-17-7-9-19(10-8-17)23-21(25)18-11-14-24(15-12-18)28(26,27)20-6-4-13-22-16-20/h4,6-10,13,16,18H,2-3,5,11-12,14-15H2,1H3,(H,23,25). The lowest BCUT2D eigenvalue weighted by atomic mass is 9.97. The van der Waals surface area contributed by atoms with E-state index in [9.17, 15) is 13.2 Å². The van der Waals surface area contributed by atoms with E-state index in [1.165, 1.54) is 16.1 Å². The number of amides is 1. The summed E-state index contributed by atoms with van der Waals surface area (Å²) in [5, 5.41) is 2.96. The first kappa shape index (κ1) is 20.5. The molecule has 1 amide bonds. The molecule has 1 aromatic heterocycles. The van der Waals surface area contributed by atoms with Gasteiger partial charge in [-0.3, -0.25) is 9.78 Å². The van der Waals surface area contributed by atoms with Crippen LogP contribution in [-0.2, 0) is 21.2 Å². The molecule has 150 valence electrons. The van der Waals surface area contributed by atoms with E-state index in [2.05, 4.69) is 17.2 Å². The number of hydrogen-bond donors (Lipinski definition) is 1. The van der Waals surface area contributed by atoms with E-state index in [4.69, 9.17) is 0 Å². The van der Waals surface area contributed by atoms with Crippen LogP contribution < -0.4 is 5.32 Å². The Morgan fingerprint density at radius 3 is 2.50 bits per heavy atom. The fraction of sp³-hybridized carbons (Fsp3) is 0.429. The maximum atomic E-state index is 12.6. The SMILES string of the molecule is CCCCc1ccc(NC(=O)C2CCN(S(=O)(=O)c3cccnc3)CC2)cc1. The first-order chi connectivity index (χ1) is 13.5. The molecule has 1 N–H and O–H groups in total. The van der Waals surface area contributed by atoms with E-state index in [-0.39, 0.29) is 16.7 Å². The van der Waals surface area contributed by atoms with Crippen LogP contribution in [0.2, 0.25) is 0 Å². The van der Waals surface area contributed by atoms with Crippen molar-refractivity contribution in [3.63, 3.8) is 0 Å². The van der Waals surface area contributed by atoms with E-state index in [1.54, 1.807) is 18.3 Å². The fourth-order valence-electron chi connectivity index (χ4n) is 3.39. The quantitative estimate of drug-likeness (QED) is 0.770. The molecule has 0 atom stereocenters. The Labute approximate surface area is 167 Å². The van der Waals surface area contributed by atoms with E-state index >= 15 is 0 Å². The molecule has 1 aliphatic heterocycles. The maximum absolute atomic E-state index is 12.6. The molecule has 1 aliphatic rings. The molecule has 6 nitrogen and oxygen atoms in total. The average Bonchev–Trinajstić information content (AvgIpc) is 2.74. The molecular weight excluding hydrogens is 374 g/mol. The monoisotopic (exact) mass is 401 g/mol. The Morgan fingerprint density at radius 1 is 1.18 bits per heavy atom. The second-order valence-corrected chi connectivity index (χ2v) is 9.09. The summed E-state index contributed by atoms with van der Waals surface area (Å²) in [6, 6.07) is 11.1. The second-order valence-electron chi connectivity index (χ2n) is 7.16. The number of carbonyl (C=O) groups excluding carboxylic acids is 1. The molecule has 3 rings (SSSR count). The van der Waals surface area contributed by atoms with Crippen molar-refractivity contribution in [3.05, 3.63) is 54.4 Å². The number of nitrogens with zero attached hydrogens (tertiary/aromatic N) is 2. The molecule has 1 saturated heterocycles. The van der Waals surface area contributed by atoms with Crippen molar-refractivity contribution in [1.29, 1.82) is 0 Å². The molecular formula is C21H27N3O3S. The van der Waals surface area contributed by atoms with Crippen molar-refractivity contribution in [2.45, 2.75) is 43.9 Å². The van der Waals surface area contributed by atoms with Crippen LogP contribution in [0.3, 0.4) is 0 Å². The lowest BCUT2D eigenvalue weighted by molar-refractivity contribution is -0.120. The number of sulfonamides is 1. The number of nitrogens with one attached hydrogen (secondary N) is 1. The maximum Gasteiger partial charge on any atom is 0.244 e. The number of pyridine rings is 1. The molecule has 0 radical (unpaired) electrons. The Balaban J connectivity index is 1.54. The van der Waals surface area contributed by atoms with Gasteiger partial charge in [-0.1, -0.05) is 25.5 Å². The van der Waals surface area contributed by atoms with Gasteiger partial charge >= 0.3 is 0 Å². The van der Waals surface area contributed by atoms with Crippen LogP contribution in [0.15, 0.2) is 53.7 Å². The smallest absolute Gasteiger partial charge is 0.244 e. The number of unbranched alkanes of at least 4 members (excludes halogenated alkanes) is 1. The van der Waals surface area contributed by atoms with Gasteiger partial charge < -0.3 is 5.32 Å². The highest BCUT2D eigenvalue weighted by Gasteiger charge is 2.32. The van der Waals surface area contributed by atoms with Crippen LogP contribution in [0.4, 0.5) is 5.69 Å². The molecule has 0 saturated carbocycles. The largest absolute Gasteiger partial charge is 0.326 e. The summed E-state index contributed by atoms with van der Waals surface area (Å²) in [4.78, 5) is 16.6. The van der Waals surface area contributed by atoms with E-state index in [0.29, 0.717) is 25.9 Å². The van der Waals surface area contributed by atoms with Gasteiger partial charge in [0.05, 0.1) is 0 Å². The molecule has 28 heavy (non-hydrogen) atoms. The number of anilines is 1. The van der Waals surface area contributed by atoms with E-state index in [1.807, 2.05) is 24.3 Å². The van der Waals surface area contributed by atoms with Gasteiger partial charge in [-0.15, -0.1) is 0 Å². The first-order valence-electron chi connectivity index (χ1n) is 9.80. The van der Waals surface area contributed by atoms with Crippen LogP contribution in [0.5, 0.6) is 0 Å². The van der Waals surface area contributed by atoms with Gasteiger partial charge in [0.2, 0.25) is 15.9 Å². The molecule has 0 aliphatic carbocycles. The summed E-state index contributed by atoms with van der Waals surface area (Å²) in [5.41, 5.74) is 2.06. The van der Waals surface area contributed by atoms with Gasteiger partial charge in [-0.25, -0.2) is 8.42 Å². The van der Waals surface area contributed by atoms with Gasteiger partial charge in [0.25, 0.3) is 0 Å². The zero-order valence-corrected chi connectivity index (χ0v) is 17.0. The number of hydrogen-bond acceptors (Lipinski definition) is 4. The number of benzene rings is 1. The van der Waals surface area contributed by atoms with Gasteiger partial charge in [0.1, 0.15) is 4.90 Å². The summed E-state index contributed by atoms with van der Waals surface area (Å²) >= 11 is 0. The Kier molecular flexibility index (Phi) is 6.80. The van der Waals surface area contributed by atoms with Crippen molar-refractivity contribution in [2.75, 3.05) is 18.4 Å². The molecule has 1 fully saturated rings. The van der Waals surface area contributed by atoms with E-state index < -0.39 is 10.0 Å². The number of aromatic nitrogens is 1. The highest BCUT2D eigenvalue weighted by molar-refractivity contribution is 7.89. The number of carbonyl (C=O) groups is 1. The van der Waals surface area contributed by atoms with Gasteiger partial charge in [-0.2, -0.15) is 4.31 Å². The minimum absolute atomic E-state index is 0.0419. The molecule has 0 bridgehead atoms. The van der Waals surface area contributed by atoms with Gasteiger partial charge in [-0.05, 0) is 55.5 Å². The Hall–Kier alpha value is -2.25. The molecule has 7 heteroatoms. The second kappa shape index (κ2) is 9.30. The molecule has 0 spiro atoms. The van der Waals surface area contributed by atoms with Crippen molar-refractivity contribution < 1.29 is 13.2 Å². The van der Waals surface area contributed by atoms with Crippen LogP contribution in [-0.4, -0.2) is 36.7 Å². The first-order valence-corrected chi connectivity index (χ1v) is 11.2. The van der Waals surface area contributed by atoms with Crippen molar-refractivity contribution in [1.82, 2.24) is 9.29 Å². The summed E-state index contributed by atoms with van der Waals surface area (Å²) in [5.74, 6) is -0.222. The van der Waals surface area contributed by atoms with Crippen LogP contribution in [0.1, 0.15) is 38.2 Å². The minimum Gasteiger partial charge on any atom is -0.326 e. The lowest BCUT2D eigenvalue weighted by Gasteiger charge is -2.30. The minimum atomic E-state index is -3.54. The zero-order chi connectivity index (χ0) is 20.0. The average molecular weight is 402 g/mol. The summed E-state index contributed by atoms with van der Waals surface area (Å²) < 4.78 is 26.7. The fourth-order valence-corrected chi connectivity index (χ4v) is 4.82. The predicted molar refractivity (Wildman–Crippen MR) is 109 cm³/mol. The summed E-state index contributed by atoms with van der Waals surface area (Å²) in [7, 11) is -3.54. The van der Waals surface area contributed by atoms with Crippen molar-refractivity contribution >= 4 is 21.6 Å².